The maximum Gasteiger partial charge on any atom is 0.276 e. The lowest BCUT2D eigenvalue weighted by molar-refractivity contribution is -0.385. The third kappa shape index (κ3) is 3.93. The van der Waals surface area contributed by atoms with Gasteiger partial charge in [-0.25, -0.2) is 0 Å². The number of aryl methyl sites for hydroxylation is 1. The second-order valence-corrected chi connectivity index (χ2v) is 8.07. The second-order valence-electron chi connectivity index (χ2n) is 5.90. The Balaban J connectivity index is 1.79. The van der Waals surface area contributed by atoms with Gasteiger partial charge < -0.3 is 0 Å². The van der Waals surface area contributed by atoms with Crippen LogP contribution in [0.2, 0.25) is 0 Å². The quantitative estimate of drug-likeness (QED) is 0.346. The first-order valence-electron chi connectivity index (χ1n) is 8.44. The average Bonchev–Trinajstić information content (AvgIpc) is 3.26. The summed E-state index contributed by atoms with van der Waals surface area (Å²) >= 11 is 2.46. The smallest absolute Gasteiger partial charge is 0.268 e. The van der Waals surface area contributed by atoms with Gasteiger partial charge in [0.2, 0.25) is 5.13 Å². The van der Waals surface area contributed by atoms with Gasteiger partial charge in [-0.1, -0.05) is 41.7 Å². The highest BCUT2D eigenvalue weighted by molar-refractivity contribution is 8.19. The van der Waals surface area contributed by atoms with Crippen molar-refractivity contribution in [3.63, 3.8) is 0 Å². The van der Waals surface area contributed by atoms with Crippen LogP contribution in [-0.2, 0) is 4.79 Å². The Morgan fingerprint density at radius 3 is 2.52 bits per heavy atom. The Morgan fingerprint density at radius 2 is 1.83 bits per heavy atom. The number of aromatic nitrogens is 2. The van der Waals surface area contributed by atoms with Crippen LogP contribution in [0.5, 0.6) is 0 Å². The van der Waals surface area contributed by atoms with Gasteiger partial charge >= 0.3 is 0 Å². The summed E-state index contributed by atoms with van der Waals surface area (Å²) in [5.41, 5.74) is 0.940. The molecule has 0 N–H and O–H groups in total. The van der Waals surface area contributed by atoms with E-state index in [0.717, 1.165) is 16.8 Å². The van der Waals surface area contributed by atoms with Crippen molar-refractivity contribution in [3.05, 3.63) is 80.2 Å². The SMILES string of the molecule is Cc1nnc(/N=C2/S/C(=C\c3ccccc3[N+](=O)[O-])C(=O)N2c2ccccc2)s1. The number of para-hydroxylation sites is 2. The van der Waals surface area contributed by atoms with E-state index in [4.69, 9.17) is 0 Å². The Labute approximate surface area is 173 Å². The van der Waals surface area contributed by atoms with E-state index in [1.807, 2.05) is 25.1 Å². The number of hydrogen-bond donors (Lipinski definition) is 0. The number of carbonyl (C=O) groups excluding carboxylic acids is 1. The van der Waals surface area contributed by atoms with Crippen molar-refractivity contribution in [2.75, 3.05) is 4.90 Å². The molecule has 8 nitrogen and oxygen atoms in total. The molecule has 0 unspecified atom stereocenters. The molecule has 0 aliphatic carbocycles. The Kier molecular flexibility index (Phi) is 5.19. The van der Waals surface area contributed by atoms with Crippen LogP contribution in [0.25, 0.3) is 6.08 Å². The van der Waals surface area contributed by atoms with E-state index in [-0.39, 0.29) is 11.6 Å². The summed E-state index contributed by atoms with van der Waals surface area (Å²) in [5, 5.41) is 20.9. The number of nitrogens with zero attached hydrogens (tertiary/aromatic N) is 5. The predicted molar refractivity (Wildman–Crippen MR) is 114 cm³/mol. The number of rotatable bonds is 4. The molecule has 1 aliphatic heterocycles. The maximum atomic E-state index is 13.2. The molecule has 2 aromatic carbocycles. The molecule has 2 heterocycles. The summed E-state index contributed by atoms with van der Waals surface area (Å²) in [5.74, 6) is -0.306. The average molecular weight is 423 g/mol. The fourth-order valence-corrected chi connectivity index (χ4v) is 4.27. The number of benzene rings is 2. The highest BCUT2D eigenvalue weighted by atomic mass is 32.2. The van der Waals surface area contributed by atoms with Crippen LogP contribution < -0.4 is 4.90 Å². The maximum absolute atomic E-state index is 13.2. The van der Waals surface area contributed by atoms with E-state index in [1.54, 1.807) is 30.3 Å². The molecule has 0 spiro atoms. The monoisotopic (exact) mass is 423 g/mol. The Morgan fingerprint density at radius 1 is 1.10 bits per heavy atom. The van der Waals surface area contributed by atoms with E-state index in [1.165, 1.54) is 28.4 Å². The minimum Gasteiger partial charge on any atom is -0.268 e. The van der Waals surface area contributed by atoms with Gasteiger partial charge in [-0.2, -0.15) is 4.99 Å². The molecule has 144 valence electrons. The van der Waals surface area contributed by atoms with Crippen LogP contribution in [0.3, 0.4) is 0 Å². The lowest BCUT2D eigenvalue weighted by Crippen LogP contribution is -2.28. The van der Waals surface area contributed by atoms with Gasteiger partial charge in [0.25, 0.3) is 11.6 Å². The molecule has 0 bridgehead atoms. The first-order valence-corrected chi connectivity index (χ1v) is 10.1. The van der Waals surface area contributed by atoms with Gasteiger partial charge in [-0.3, -0.25) is 19.8 Å². The standard InChI is InChI=1S/C19H13N5O3S2/c1-12-21-22-18(28-12)20-19-23(14-8-3-2-4-9-14)17(25)16(29-19)11-13-7-5-6-10-15(13)24(26)27/h2-11H,1H3/b16-11-,20-19+. The first kappa shape index (κ1) is 19.0. The number of aliphatic imine (C=N–C) groups is 1. The number of carbonyl (C=O) groups is 1. The largest absolute Gasteiger partial charge is 0.276 e. The molecular weight excluding hydrogens is 410 g/mol. The Hall–Kier alpha value is -3.37. The van der Waals surface area contributed by atoms with Crippen molar-refractivity contribution >= 4 is 56.8 Å². The van der Waals surface area contributed by atoms with Crippen molar-refractivity contribution in [2.24, 2.45) is 4.99 Å². The van der Waals surface area contributed by atoms with Crippen molar-refractivity contribution in [2.45, 2.75) is 6.92 Å². The molecule has 3 aromatic rings. The van der Waals surface area contributed by atoms with E-state index in [0.29, 0.717) is 26.5 Å². The van der Waals surface area contributed by atoms with Gasteiger partial charge in [-0.05, 0) is 43.0 Å². The van der Waals surface area contributed by atoms with E-state index >= 15 is 0 Å². The molecular formula is C19H13N5O3S2. The summed E-state index contributed by atoms with van der Waals surface area (Å²) < 4.78 is 0. The minimum atomic E-state index is -0.468. The second kappa shape index (κ2) is 7.94. The Bertz CT molecular complexity index is 1160. The van der Waals surface area contributed by atoms with Gasteiger partial charge in [0, 0.05) is 6.07 Å². The zero-order valence-corrected chi connectivity index (χ0v) is 16.7. The summed E-state index contributed by atoms with van der Waals surface area (Å²) in [6.07, 6.45) is 1.52. The zero-order valence-electron chi connectivity index (χ0n) is 15.1. The number of thioether (sulfide) groups is 1. The molecule has 0 radical (unpaired) electrons. The van der Waals surface area contributed by atoms with Crippen LogP contribution in [0.15, 0.2) is 64.5 Å². The van der Waals surface area contributed by atoms with Gasteiger partial charge in [0.1, 0.15) is 5.01 Å². The van der Waals surface area contributed by atoms with Gasteiger partial charge in [0.15, 0.2) is 5.17 Å². The highest BCUT2D eigenvalue weighted by Crippen LogP contribution is 2.38. The number of hydrogen-bond acceptors (Lipinski definition) is 8. The van der Waals surface area contributed by atoms with Crippen LogP contribution in [0.4, 0.5) is 16.5 Å². The fraction of sp³-hybridized carbons (Fsp3) is 0.0526. The molecule has 1 amide bonds. The normalized spacial score (nSPS) is 16.7. The van der Waals surface area contributed by atoms with Crippen LogP contribution in [0.1, 0.15) is 10.6 Å². The highest BCUT2D eigenvalue weighted by Gasteiger charge is 2.35. The summed E-state index contributed by atoms with van der Waals surface area (Å²) in [6.45, 7) is 1.82. The molecule has 0 saturated carbocycles. The number of amides is 1. The molecule has 1 fully saturated rings. The molecule has 4 rings (SSSR count). The number of nitro groups is 1. The topological polar surface area (TPSA) is 102 Å². The molecule has 1 saturated heterocycles. The molecule has 1 aromatic heterocycles. The lowest BCUT2D eigenvalue weighted by Gasteiger charge is -2.14. The van der Waals surface area contributed by atoms with Crippen molar-refractivity contribution in [1.82, 2.24) is 10.2 Å². The van der Waals surface area contributed by atoms with Crippen LogP contribution >= 0.6 is 23.1 Å². The molecule has 0 atom stereocenters. The van der Waals surface area contributed by atoms with Crippen LogP contribution in [-0.4, -0.2) is 26.2 Å². The zero-order chi connectivity index (χ0) is 20.4. The third-order valence-corrected chi connectivity index (χ3v) is 5.65. The minimum absolute atomic E-state index is 0.0650. The van der Waals surface area contributed by atoms with Gasteiger partial charge in [0.05, 0.1) is 21.1 Å². The van der Waals surface area contributed by atoms with Crippen molar-refractivity contribution in [1.29, 1.82) is 0 Å². The summed E-state index contributed by atoms with van der Waals surface area (Å²) in [4.78, 5) is 30.3. The third-order valence-electron chi connectivity index (χ3n) is 3.95. The number of nitro benzene ring substituents is 1. The number of anilines is 1. The van der Waals surface area contributed by atoms with Crippen molar-refractivity contribution < 1.29 is 9.72 Å². The van der Waals surface area contributed by atoms with E-state index < -0.39 is 4.92 Å². The fourth-order valence-electron chi connectivity index (χ4n) is 2.68. The first-order chi connectivity index (χ1) is 14.0. The number of amidine groups is 1. The van der Waals surface area contributed by atoms with E-state index in [2.05, 4.69) is 15.2 Å². The van der Waals surface area contributed by atoms with E-state index in [9.17, 15) is 14.9 Å². The molecule has 29 heavy (non-hydrogen) atoms. The lowest BCUT2D eigenvalue weighted by atomic mass is 10.1. The summed E-state index contributed by atoms with van der Waals surface area (Å²) in [7, 11) is 0. The van der Waals surface area contributed by atoms with Gasteiger partial charge in [-0.15, -0.1) is 10.2 Å². The molecule has 10 heteroatoms. The predicted octanol–water partition coefficient (Wildman–Crippen LogP) is 4.56. The van der Waals surface area contributed by atoms with Crippen molar-refractivity contribution in [3.8, 4) is 0 Å². The summed E-state index contributed by atoms with van der Waals surface area (Å²) in [6, 6.07) is 15.4. The molecule has 1 aliphatic rings. The van der Waals surface area contributed by atoms with Crippen LogP contribution in [0, 0.1) is 17.0 Å².